The zero-order chi connectivity index (χ0) is 20.8. The molecule has 0 spiro atoms. The van der Waals surface area contributed by atoms with Crippen LogP contribution in [0, 0.1) is 0 Å². The van der Waals surface area contributed by atoms with Gasteiger partial charge in [0.05, 0.1) is 7.11 Å². The van der Waals surface area contributed by atoms with Crippen molar-refractivity contribution in [3.05, 3.63) is 30.6 Å². The van der Waals surface area contributed by atoms with Gasteiger partial charge in [0, 0.05) is 31.7 Å². The molecule has 3 aromatic rings. The van der Waals surface area contributed by atoms with Crippen molar-refractivity contribution in [1.82, 2.24) is 29.5 Å². The molecular weight excluding hydrogens is 389 g/mol. The minimum atomic E-state index is -0.0323. The van der Waals surface area contributed by atoms with Crippen molar-refractivity contribution in [2.75, 3.05) is 38.6 Å². The third-order valence-electron chi connectivity index (χ3n) is 4.39. The molecule has 0 radical (unpaired) electrons. The summed E-state index contributed by atoms with van der Waals surface area (Å²) >= 11 is 0. The zero-order valence-corrected chi connectivity index (χ0v) is 18.0. The standard InChI is InChI=1S/C17H20N7O2P.C2H6/c1-26-12-4-2-11(3-5-12)13-14-15(24(27)10-20-14)22-16(21-13)18-6-8-23-9-7-19-17(23)25;1-2/h2-5,10H,6-9,27H2,1H3,(H,19,25)(H,18,21,22);1-2H3. The van der Waals surface area contributed by atoms with Crippen LogP contribution in [0.1, 0.15) is 13.8 Å². The Hall–Kier alpha value is -2.93. The summed E-state index contributed by atoms with van der Waals surface area (Å²) in [5, 5.41) is 6.00. The van der Waals surface area contributed by atoms with Crippen molar-refractivity contribution in [2.45, 2.75) is 13.8 Å². The van der Waals surface area contributed by atoms with Gasteiger partial charge in [-0.25, -0.2) is 14.8 Å². The smallest absolute Gasteiger partial charge is 0.317 e. The van der Waals surface area contributed by atoms with E-state index in [1.54, 1.807) is 22.7 Å². The summed E-state index contributed by atoms with van der Waals surface area (Å²) in [4.78, 5) is 27.0. The number of anilines is 1. The van der Waals surface area contributed by atoms with Crippen LogP contribution in [-0.2, 0) is 0 Å². The Kier molecular flexibility index (Phi) is 6.82. The highest BCUT2D eigenvalue weighted by molar-refractivity contribution is 7.14. The average molecular weight is 415 g/mol. The van der Waals surface area contributed by atoms with Gasteiger partial charge < -0.3 is 20.3 Å². The number of imidazole rings is 1. The van der Waals surface area contributed by atoms with Gasteiger partial charge in [-0.05, 0) is 33.7 Å². The van der Waals surface area contributed by atoms with Gasteiger partial charge in [-0.2, -0.15) is 4.98 Å². The Bertz CT molecular complexity index is 975. The second-order valence-electron chi connectivity index (χ2n) is 6.09. The number of methoxy groups -OCH3 is 1. The van der Waals surface area contributed by atoms with Crippen molar-refractivity contribution in [3.63, 3.8) is 0 Å². The number of fused-ring (bicyclic) bond motifs is 1. The molecule has 2 aromatic heterocycles. The van der Waals surface area contributed by atoms with Gasteiger partial charge in [0.15, 0.2) is 5.65 Å². The van der Waals surface area contributed by atoms with Gasteiger partial charge in [-0.3, -0.25) is 4.34 Å². The van der Waals surface area contributed by atoms with Gasteiger partial charge in [-0.1, -0.05) is 13.8 Å². The molecule has 9 nitrogen and oxygen atoms in total. The lowest BCUT2D eigenvalue weighted by molar-refractivity contribution is 0.219. The number of hydrogen-bond donors (Lipinski definition) is 2. The fraction of sp³-hybridized carbons (Fsp3) is 0.368. The Morgan fingerprint density at radius 1 is 1.24 bits per heavy atom. The Morgan fingerprint density at radius 2 is 2.00 bits per heavy atom. The van der Waals surface area contributed by atoms with Crippen LogP contribution in [0.5, 0.6) is 5.75 Å². The Labute approximate surface area is 172 Å². The SMILES string of the molecule is CC.COc1ccc(-c2nc(NCCN3CCNC3=O)nc3c2ncn3P)cc1. The molecule has 3 heterocycles. The number of hydrogen-bond acceptors (Lipinski definition) is 6. The summed E-state index contributed by atoms with van der Waals surface area (Å²) in [6.45, 7) is 6.56. The normalized spacial score (nSPS) is 13.1. The highest BCUT2D eigenvalue weighted by atomic mass is 31.0. The van der Waals surface area contributed by atoms with E-state index < -0.39 is 0 Å². The number of urea groups is 1. The van der Waals surface area contributed by atoms with Crippen molar-refractivity contribution in [2.24, 2.45) is 0 Å². The number of carbonyl (C=O) groups excluding carboxylic acids is 1. The van der Waals surface area contributed by atoms with Crippen LogP contribution < -0.4 is 15.4 Å². The zero-order valence-electron chi connectivity index (χ0n) is 16.8. The van der Waals surface area contributed by atoms with E-state index in [2.05, 4.69) is 35.0 Å². The lowest BCUT2D eigenvalue weighted by Gasteiger charge is -2.14. The molecule has 1 saturated heterocycles. The lowest BCUT2D eigenvalue weighted by atomic mass is 10.1. The van der Waals surface area contributed by atoms with Crippen LogP contribution in [-0.4, -0.2) is 63.5 Å². The molecule has 1 unspecified atom stereocenters. The van der Waals surface area contributed by atoms with Crippen molar-refractivity contribution >= 4 is 32.5 Å². The second kappa shape index (κ2) is 9.52. The quantitative estimate of drug-likeness (QED) is 0.601. The molecule has 1 aliphatic heterocycles. The van der Waals surface area contributed by atoms with Crippen LogP contribution in [0.25, 0.3) is 22.4 Å². The molecule has 2 N–H and O–H groups in total. The third kappa shape index (κ3) is 4.56. The van der Waals surface area contributed by atoms with Crippen LogP contribution in [0.15, 0.2) is 30.6 Å². The summed E-state index contributed by atoms with van der Waals surface area (Å²) in [6.07, 6.45) is 1.69. The molecular formula is C19H26N7O2P. The highest BCUT2D eigenvalue weighted by Crippen LogP contribution is 2.28. The minimum absolute atomic E-state index is 0.0323. The largest absolute Gasteiger partial charge is 0.497 e. The maximum atomic E-state index is 11.6. The predicted molar refractivity (Wildman–Crippen MR) is 117 cm³/mol. The number of nitrogens with one attached hydrogen (secondary N) is 2. The first kappa shape index (κ1) is 20.8. The monoisotopic (exact) mass is 415 g/mol. The maximum Gasteiger partial charge on any atom is 0.317 e. The average Bonchev–Trinajstić information content (AvgIpc) is 3.35. The van der Waals surface area contributed by atoms with E-state index >= 15 is 0 Å². The Balaban J connectivity index is 0.00000117. The van der Waals surface area contributed by atoms with Crippen LogP contribution >= 0.6 is 9.39 Å². The predicted octanol–water partition coefficient (Wildman–Crippen LogP) is 2.60. The molecule has 2 amide bonds. The maximum absolute atomic E-state index is 11.6. The summed E-state index contributed by atoms with van der Waals surface area (Å²) in [5.41, 5.74) is 3.10. The van der Waals surface area contributed by atoms with Gasteiger partial charge in [0.1, 0.15) is 23.3 Å². The molecule has 1 atom stereocenters. The lowest BCUT2D eigenvalue weighted by Crippen LogP contribution is -2.32. The van der Waals surface area contributed by atoms with Gasteiger partial charge in [-0.15, -0.1) is 0 Å². The molecule has 154 valence electrons. The summed E-state index contributed by atoms with van der Waals surface area (Å²) in [6, 6.07) is 7.64. The number of ether oxygens (including phenoxy) is 1. The summed E-state index contributed by atoms with van der Waals surface area (Å²) in [7, 11) is 4.21. The topological polar surface area (TPSA) is 97.2 Å². The van der Waals surface area contributed by atoms with E-state index in [0.717, 1.165) is 29.1 Å². The van der Waals surface area contributed by atoms with Crippen LogP contribution in [0.3, 0.4) is 0 Å². The highest BCUT2D eigenvalue weighted by Gasteiger charge is 2.19. The molecule has 1 fully saturated rings. The third-order valence-corrected chi connectivity index (χ3v) is 4.77. The van der Waals surface area contributed by atoms with Crippen molar-refractivity contribution in [1.29, 1.82) is 0 Å². The van der Waals surface area contributed by atoms with E-state index in [-0.39, 0.29) is 6.03 Å². The van der Waals surface area contributed by atoms with Gasteiger partial charge >= 0.3 is 6.03 Å². The van der Waals surface area contributed by atoms with E-state index in [4.69, 9.17) is 4.74 Å². The number of benzene rings is 1. The molecule has 4 rings (SSSR count). The molecule has 0 bridgehead atoms. The number of aromatic nitrogens is 4. The second-order valence-corrected chi connectivity index (χ2v) is 6.65. The number of amides is 2. The minimum Gasteiger partial charge on any atom is -0.497 e. The molecule has 0 saturated carbocycles. The first-order valence-electron chi connectivity index (χ1n) is 9.57. The molecule has 10 heteroatoms. The Morgan fingerprint density at radius 3 is 2.66 bits per heavy atom. The van der Waals surface area contributed by atoms with E-state index in [1.807, 2.05) is 38.1 Å². The molecule has 29 heavy (non-hydrogen) atoms. The molecule has 0 aliphatic carbocycles. The fourth-order valence-corrected chi connectivity index (χ4v) is 3.22. The van der Waals surface area contributed by atoms with Crippen molar-refractivity contribution in [3.8, 4) is 17.0 Å². The molecule has 1 aromatic carbocycles. The van der Waals surface area contributed by atoms with Gasteiger partial charge in [0.2, 0.25) is 5.95 Å². The summed E-state index contributed by atoms with van der Waals surface area (Å²) in [5.74, 6) is 1.28. The first-order chi connectivity index (χ1) is 14.2. The number of rotatable bonds is 6. The fourth-order valence-electron chi connectivity index (χ4n) is 2.97. The summed E-state index contributed by atoms with van der Waals surface area (Å²) < 4.78 is 7.01. The number of carbonyl (C=O) groups is 1. The van der Waals surface area contributed by atoms with Gasteiger partial charge in [0.25, 0.3) is 0 Å². The van der Waals surface area contributed by atoms with Crippen molar-refractivity contribution < 1.29 is 9.53 Å². The molecule has 1 aliphatic rings. The van der Waals surface area contributed by atoms with E-state index in [9.17, 15) is 4.79 Å². The van der Waals surface area contributed by atoms with E-state index in [0.29, 0.717) is 31.2 Å². The van der Waals surface area contributed by atoms with E-state index in [1.165, 1.54) is 0 Å². The first-order valence-corrected chi connectivity index (χ1v) is 10.1. The van der Waals surface area contributed by atoms with Crippen LogP contribution in [0.2, 0.25) is 0 Å². The van der Waals surface area contributed by atoms with Crippen LogP contribution in [0.4, 0.5) is 10.7 Å². The number of nitrogens with zero attached hydrogens (tertiary/aromatic N) is 5.